The van der Waals surface area contributed by atoms with Gasteiger partial charge in [-0.25, -0.2) is 0 Å². The number of para-hydroxylation sites is 1. The smallest absolute Gasteiger partial charge is 0.135 e. The Morgan fingerprint density at radius 2 is 1.52 bits per heavy atom. The first-order valence-electron chi connectivity index (χ1n) is 14.8. The molecule has 8 rings (SSSR count). The number of anilines is 2. The number of nitrogens with two attached hydrogens (primary N) is 1. The molecular formula is C40H30N2O2. The van der Waals surface area contributed by atoms with E-state index in [9.17, 15) is 0 Å². The van der Waals surface area contributed by atoms with Crippen LogP contribution in [-0.4, -0.2) is 6.61 Å². The molecule has 0 atom stereocenters. The molecule has 7 aromatic rings. The van der Waals surface area contributed by atoms with Crippen LogP contribution in [0.1, 0.15) is 16.9 Å². The number of allylic oxidation sites excluding steroid dienone is 1. The molecule has 0 amide bonds. The molecule has 212 valence electrons. The molecule has 44 heavy (non-hydrogen) atoms. The van der Waals surface area contributed by atoms with Crippen molar-refractivity contribution in [3.63, 3.8) is 0 Å². The Kier molecular flexibility index (Phi) is 6.02. The predicted molar refractivity (Wildman–Crippen MR) is 184 cm³/mol. The Hall–Kier alpha value is -5.74. The van der Waals surface area contributed by atoms with Crippen molar-refractivity contribution in [1.82, 2.24) is 0 Å². The number of furan rings is 1. The molecule has 0 bridgehead atoms. The zero-order valence-electron chi connectivity index (χ0n) is 24.4. The number of hydrogen-bond donors (Lipinski definition) is 1. The van der Waals surface area contributed by atoms with Gasteiger partial charge in [-0.1, -0.05) is 91.5 Å². The minimum absolute atomic E-state index is 0.439. The minimum Gasteiger partial charge on any atom is -0.488 e. The van der Waals surface area contributed by atoms with Gasteiger partial charge < -0.3 is 19.8 Å². The minimum atomic E-state index is 0.439. The van der Waals surface area contributed by atoms with Crippen LogP contribution in [0.2, 0.25) is 0 Å². The maximum Gasteiger partial charge on any atom is 0.135 e. The second-order valence-electron chi connectivity index (χ2n) is 11.1. The molecule has 0 spiro atoms. The molecule has 0 fully saturated rings. The fourth-order valence-electron chi connectivity index (χ4n) is 6.74. The van der Waals surface area contributed by atoms with Gasteiger partial charge in [0.25, 0.3) is 0 Å². The summed E-state index contributed by atoms with van der Waals surface area (Å²) in [4.78, 5) is 2.32. The largest absolute Gasteiger partial charge is 0.488 e. The van der Waals surface area contributed by atoms with E-state index in [1.807, 2.05) is 37.3 Å². The van der Waals surface area contributed by atoms with Gasteiger partial charge in [-0.15, -0.1) is 0 Å². The summed E-state index contributed by atoms with van der Waals surface area (Å²) in [6.45, 7) is 6.50. The highest BCUT2D eigenvalue weighted by Gasteiger charge is 2.27. The normalized spacial score (nSPS) is 14.0. The van der Waals surface area contributed by atoms with Crippen molar-refractivity contribution < 1.29 is 9.15 Å². The van der Waals surface area contributed by atoms with Crippen LogP contribution in [0.5, 0.6) is 5.75 Å². The zero-order chi connectivity index (χ0) is 29.8. The average molecular weight is 571 g/mol. The fourth-order valence-corrected chi connectivity index (χ4v) is 6.74. The number of benzene rings is 6. The van der Waals surface area contributed by atoms with Gasteiger partial charge in [0.1, 0.15) is 23.7 Å². The molecule has 4 heteroatoms. The molecule has 4 nitrogen and oxygen atoms in total. The SMILES string of the molecule is C=Cc1c(C)oc2ccc(N(C(/C=C\N)=C3/COc4ccccc43)c3cc4c5ccccc5ccc4c4ccccc34)cc12. The van der Waals surface area contributed by atoms with E-state index in [-0.39, 0.29) is 0 Å². The first kappa shape index (κ1) is 25.9. The van der Waals surface area contributed by atoms with E-state index in [0.29, 0.717) is 6.61 Å². The van der Waals surface area contributed by atoms with E-state index in [1.54, 1.807) is 6.20 Å². The Morgan fingerprint density at radius 3 is 2.36 bits per heavy atom. The van der Waals surface area contributed by atoms with Gasteiger partial charge in [0.05, 0.1) is 11.4 Å². The summed E-state index contributed by atoms with van der Waals surface area (Å²) >= 11 is 0. The molecule has 2 N–H and O–H groups in total. The van der Waals surface area contributed by atoms with Crippen LogP contribution in [0.15, 0.2) is 138 Å². The summed E-state index contributed by atoms with van der Waals surface area (Å²) in [5.41, 5.74) is 13.1. The summed E-state index contributed by atoms with van der Waals surface area (Å²) in [5.74, 6) is 1.72. The van der Waals surface area contributed by atoms with Crippen LogP contribution >= 0.6 is 0 Å². The number of hydrogen-bond acceptors (Lipinski definition) is 4. The molecule has 0 saturated heterocycles. The number of aryl methyl sites for hydroxylation is 1. The van der Waals surface area contributed by atoms with Crippen molar-refractivity contribution in [3.05, 3.63) is 151 Å². The van der Waals surface area contributed by atoms with Crippen molar-refractivity contribution in [2.24, 2.45) is 5.73 Å². The highest BCUT2D eigenvalue weighted by molar-refractivity contribution is 6.21. The summed E-state index contributed by atoms with van der Waals surface area (Å²) in [5, 5.41) is 8.17. The maximum absolute atomic E-state index is 6.22. The van der Waals surface area contributed by atoms with Crippen molar-refractivity contribution in [1.29, 1.82) is 0 Å². The van der Waals surface area contributed by atoms with E-state index in [0.717, 1.165) is 61.6 Å². The lowest BCUT2D eigenvalue weighted by Crippen LogP contribution is -2.18. The van der Waals surface area contributed by atoms with Gasteiger partial charge >= 0.3 is 0 Å². The molecular weight excluding hydrogens is 540 g/mol. The van der Waals surface area contributed by atoms with Gasteiger partial charge in [-0.05, 0) is 76.5 Å². The average Bonchev–Trinajstić information content (AvgIpc) is 3.64. The topological polar surface area (TPSA) is 51.6 Å². The second-order valence-corrected chi connectivity index (χ2v) is 11.1. The molecule has 2 heterocycles. The molecule has 0 radical (unpaired) electrons. The van der Waals surface area contributed by atoms with Gasteiger partial charge in [0.2, 0.25) is 0 Å². The van der Waals surface area contributed by atoms with Crippen molar-refractivity contribution >= 4 is 66.3 Å². The van der Waals surface area contributed by atoms with Crippen molar-refractivity contribution in [2.75, 3.05) is 11.5 Å². The molecule has 0 saturated carbocycles. The van der Waals surface area contributed by atoms with Crippen molar-refractivity contribution in [3.8, 4) is 5.75 Å². The second kappa shape index (κ2) is 10.2. The van der Waals surface area contributed by atoms with Gasteiger partial charge in [0.15, 0.2) is 0 Å². The zero-order valence-corrected chi connectivity index (χ0v) is 24.4. The fraction of sp³-hybridized carbons (Fsp3) is 0.0500. The van der Waals surface area contributed by atoms with E-state index >= 15 is 0 Å². The third kappa shape index (κ3) is 3.92. The van der Waals surface area contributed by atoms with Crippen LogP contribution in [0.4, 0.5) is 11.4 Å². The summed E-state index contributed by atoms with van der Waals surface area (Å²) in [6.07, 6.45) is 5.47. The number of ether oxygens (including phenoxy) is 1. The lowest BCUT2D eigenvalue weighted by atomic mass is 9.94. The first-order chi connectivity index (χ1) is 21.7. The third-order valence-corrected chi connectivity index (χ3v) is 8.73. The van der Waals surface area contributed by atoms with Crippen molar-refractivity contribution in [2.45, 2.75) is 6.92 Å². The maximum atomic E-state index is 6.22. The lowest BCUT2D eigenvalue weighted by molar-refractivity contribution is 0.388. The molecule has 1 aromatic heterocycles. The number of fused-ring (bicyclic) bond motifs is 7. The summed E-state index contributed by atoms with van der Waals surface area (Å²) < 4.78 is 12.3. The first-order valence-corrected chi connectivity index (χ1v) is 14.8. The monoisotopic (exact) mass is 570 g/mol. The number of rotatable bonds is 5. The number of nitrogens with zero attached hydrogens (tertiary/aromatic N) is 1. The highest BCUT2D eigenvalue weighted by atomic mass is 16.5. The standard InChI is InChI=1S/C40H30N2O2/c1-3-28-25(2)44-40-19-17-27(22-35(28)40)42(37(20-21-41)36-24-43-39-15-9-8-14-33(36)39)38-23-34-29-11-5-4-10-26(29)16-18-31(34)30-12-6-7-13-32(30)38/h3-23H,1,24,41H2,2H3/b21-20-,37-36-. The Morgan fingerprint density at radius 1 is 0.773 bits per heavy atom. The Bertz CT molecular complexity index is 2340. The predicted octanol–water partition coefficient (Wildman–Crippen LogP) is 10.3. The van der Waals surface area contributed by atoms with Gasteiger partial charge in [-0.3, -0.25) is 0 Å². The summed E-state index contributed by atoms with van der Waals surface area (Å²) in [7, 11) is 0. The van der Waals surface area contributed by atoms with Gasteiger partial charge in [0, 0.05) is 33.2 Å². The molecule has 0 unspecified atom stereocenters. The van der Waals surface area contributed by atoms with Crippen LogP contribution in [-0.2, 0) is 0 Å². The quantitative estimate of drug-likeness (QED) is 0.209. The van der Waals surface area contributed by atoms with Gasteiger partial charge in [-0.2, -0.15) is 0 Å². The molecule has 0 aliphatic carbocycles. The summed E-state index contributed by atoms with van der Waals surface area (Å²) in [6, 6.07) is 38.5. The third-order valence-electron chi connectivity index (χ3n) is 8.73. The highest BCUT2D eigenvalue weighted by Crippen LogP contribution is 2.46. The molecule has 1 aliphatic rings. The Labute approximate surface area is 255 Å². The lowest BCUT2D eigenvalue weighted by Gasteiger charge is -2.30. The van der Waals surface area contributed by atoms with Crippen LogP contribution in [0, 0.1) is 6.92 Å². The Balaban J connectivity index is 1.52. The molecule has 1 aliphatic heterocycles. The molecule has 6 aromatic carbocycles. The van der Waals surface area contributed by atoms with E-state index in [1.165, 1.54) is 26.9 Å². The van der Waals surface area contributed by atoms with Crippen LogP contribution < -0.4 is 15.4 Å². The van der Waals surface area contributed by atoms with Crippen LogP contribution in [0.3, 0.4) is 0 Å². The van der Waals surface area contributed by atoms with Crippen LogP contribution in [0.25, 0.3) is 54.9 Å². The van der Waals surface area contributed by atoms with E-state index < -0.39 is 0 Å². The van der Waals surface area contributed by atoms with E-state index in [4.69, 9.17) is 14.9 Å². The van der Waals surface area contributed by atoms with E-state index in [2.05, 4.69) is 102 Å².